The Labute approximate surface area is 254 Å². The first-order chi connectivity index (χ1) is 20.3. The molecule has 7 nitrogen and oxygen atoms in total. The number of nitrogens with one attached hydrogen (secondary N) is 1. The molecule has 4 rings (SSSR count). The van der Waals surface area contributed by atoms with Crippen LogP contribution in [-0.4, -0.2) is 66.2 Å². The van der Waals surface area contributed by atoms with Crippen LogP contribution in [0, 0.1) is 5.92 Å². The summed E-state index contributed by atoms with van der Waals surface area (Å²) in [6.45, 7) is 10.1. The molecule has 2 atom stereocenters. The van der Waals surface area contributed by atoms with Crippen molar-refractivity contribution in [1.29, 1.82) is 0 Å². The molecule has 8 heteroatoms. The van der Waals surface area contributed by atoms with Gasteiger partial charge < -0.3 is 10.1 Å². The zero-order valence-corrected chi connectivity index (χ0v) is 26.1. The summed E-state index contributed by atoms with van der Waals surface area (Å²) in [6.07, 6.45) is 3.13. The largest absolute Gasteiger partial charge is 0.379 e. The molecule has 1 aromatic heterocycles. The lowest BCUT2D eigenvalue weighted by Crippen LogP contribution is -2.42. The van der Waals surface area contributed by atoms with Crippen LogP contribution in [0.2, 0.25) is 0 Å². The molecular weight excluding hydrogens is 546 g/mol. The predicted octanol–water partition coefficient (Wildman–Crippen LogP) is 5.75. The molecule has 1 aliphatic rings. The number of hydrogen-bond donors (Lipinski definition) is 1. The van der Waals surface area contributed by atoms with E-state index in [2.05, 4.69) is 36.2 Å². The van der Waals surface area contributed by atoms with Gasteiger partial charge in [-0.2, -0.15) is 0 Å². The van der Waals surface area contributed by atoms with Crippen molar-refractivity contribution in [3.8, 4) is 0 Å². The van der Waals surface area contributed by atoms with E-state index in [0.717, 1.165) is 53.6 Å². The molecule has 0 unspecified atom stereocenters. The van der Waals surface area contributed by atoms with Gasteiger partial charge in [0.1, 0.15) is 11.6 Å². The van der Waals surface area contributed by atoms with Gasteiger partial charge >= 0.3 is 0 Å². The highest BCUT2D eigenvalue weighted by atomic mass is 32.1. The highest BCUT2D eigenvalue weighted by Crippen LogP contribution is 2.28. The number of amides is 1. The van der Waals surface area contributed by atoms with Gasteiger partial charge in [-0.1, -0.05) is 57.2 Å². The zero-order chi connectivity index (χ0) is 29.9. The third kappa shape index (κ3) is 9.82. The van der Waals surface area contributed by atoms with E-state index < -0.39 is 5.92 Å². The van der Waals surface area contributed by atoms with Gasteiger partial charge in [-0.05, 0) is 42.0 Å². The van der Waals surface area contributed by atoms with Crippen molar-refractivity contribution in [2.45, 2.75) is 77.7 Å². The van der Waals surface area contributed by atoms with Crippen molar-refractivity contribution in [3.63, 3.8) is 0 Å². The number of carbonyl (C=O) groups excluding carboxylic acids is 3. The highest BCUT2D eigenvalue weighted by molar-refractivity contribution is 7.18. The first-order valence-electron chi connectivity index (χ1n) is 15.4. The SMILES string of the molecule is CCC(=O)C[C@@H](Cc1nc2ccc(C(C)C)cc2s1)C(=O)N[C@H](CCC(=O)CCN1CCOCC1)Cc1ccccc1. The standard InChI is InChI=1S/C34H45N3O4S/c1-4-29(38)21-27(23-33-36-31-13-10-26(24(2)3)22-32(31)42-33)34(40)35-28(20-25-8-6-5-7-9-25)11-12-30(39)14-15-37-16-18-41-19-17-37/h5-10,13,22,24,27-28H,4,11-12,14-21,23H2,1-3H3,(H,35,40)/t27-,28+/m0/s1. The lowest BCUT2D eigenvalue weighted by Gasteiger charge is -2.26. The number of fused-ring (bicyclic) bond motifs is 1. The first-order valence-corrected chi connectivity index (χ1v) is 16.2. The number of aromatic nitrogens is 1. The summed E-state index contributed by atoms with van der Waals surface area (Å²) in [5.41, 5.74) is 3.30. The first kappa shape index (κ1) is 32.0. The van der Waals surface area contributed by atoms with Crippen LogP contribution in [0.25, 0.3) is 10.2 Å². The molecule has 0 radical (unpaired) electrons. The number of benzene rings is 2. The minimum Gasteiger partial charge on any atom is -0.379 e. The van der Waals surface area contributed by atoms with E-state index in [4.69, 9.17) is 9.72 Å². The fraction of sp³-hybridized carbons (Fsp3) is 0.529. The Morgan fingerprint density at radius 3 is 2.48 bits per heavy atom. The normalized spacial score (nSPS) is 15.5. The Morgan fingerprint density at radius 2 is 1.76 bits per heavy atom. The van der Waals surface area contributed by atoms with Crippen LogP contribution in [0.3, 0.4) is 0 Å². The molecule has 1 aliphatic heterocycles. The summed E-state index contributed by atoms with van der Waals surface area (Å²) in [7, 11) is 0. The van der Waals surface area contributed by atoms with Gasteiger partial charge in [0.25, 0.3) is 0 Å². The van der Waals surface area contributed by atoms with Crippen LogP contribution >= 0.6 is 11.3 Å². The Hall–Kier alpha value is -2.94. The monoisotopic (exact) mass is 591 g/mol. The Balaban J connectivity index is 1.43. The van der Waals surface area contributed by atoms with Crippen molar-refractivity contribution < 1.29 is 19.1 Å². The number of nitrogens with zero attached hydrogens (tertiary/aromatic N) is 2. The Bertz CT molecular complexity index is 1320. The van der Waals surface area contributed by atoms with E-state index >= 15 is 0 Å². The van der Waals surface area contributed by atoms with Crippen LogP contribution in [-0.2, 0) is 32.0 Å². The lowest BCUT2D eigenvalue weighted by atomic mass is 9.94. The van der Waals surface area contributed by atoms with Gasteiger partial charge in [0.2, 0.25) is 5.91 Å². The number of ketones is 2. The number of thiazole rings is 1. The van der Waals surface area contributed by atoms with Gasteiger partial charge in [-0.15, -0.1) is 11.3 Å². The molecular formula is C34H45N3O4S. The summed E-state index contributed by atoms with van der Waals surface area (Å²) in [5.74, 6) is 0.0601. The lowest BCUT2D eigenvalue weighted by molar-refractivity contribution is -0.130. The maximum Gasteiger partial charge on any atom is 0.224 e. The van der Waals surface area contributed by atoms with Crippen molar-refractivity contribution in [2.24, 2.45) is 5.92 Å². The molecule has 3 aromatic rings. The number of carbonyl (C=O) groups is 3. The number of ether oxygens (including phenoxy) is 1. The number of morpholine rings is 1. The quantitative estimate of drug-likeness (QED) is 0.228. The van der Waals surface area contributed by atoms with Crippen LogP contribution in [0.5, 0.6) is 0 Å². The fourth-order valence-electron chi connectivity index (χ4n) is 5.33. The maximum atomic E-state index is 13.7. The molecule has 226 valence electrons. The van der Waals surface area contributed by atoms with Gasteiger partial charge in [0.05, 0.1) is 34.4 Å². The molecule has 2 heterocycles. The van der Waals surface area contributed by atoms with E-state index in [1.165, 1.54) is 5.56 Å². The summed E-state index contributed by atoms with van der Waals surface area (Å²) in [4.78, 5) is 46.2. The molecule has 1 amide bonds. The minimum atomic E-state index is -0.502. The fourth-order valence-corrected chi connectivity index (χ4v) is 6.43. The maximum absolute atomic E-state index is 13.7. The number of hydrogen-bond acceptors (Lipinski definition) is 7. The van der Waals surface area contributed by atoms with Gasteiger partial charge in [0.15, 0.2) is 0 Å². The second-order valence-corrected chi connectivity index (χ2v) is 12.8. The predicted molar refractivity (Wildman–Crippen MR) is 169 cm³/mol. The average molecular weight is 592 g/mol. The molecule has 0 bridgehead atoms. The topological polar surface area (TPSA) is 88.6 Å². The van der Waals surface area contributed by atoms with Crippen molar-refractivity contribution >= 4 is 39.0 Å². The average Bonchev–Trinajstić information content (AvgIpc) is 3.41. The molecule has 0 saturated carbocycles. The van der Waals surface area contributed by atoms with Gasteiger partial charge in [0, 0.05) is 57.8 Å². The van der Waals surface area contributed by atoms with Crippen LogP contribution in [0.15, 0.2) is 48.5 Å². The third-order valence-corrected chi connectivity index (χ3v) is 9.08. The van der Waals surface area contributed by atoms with Crippen LogP contribution < -0.4 is 5.32 Å². The van der Waals surface area contributed by atoms with E-state index in [0.29, 0.717) is 44.4 Å². The summed E-state index contributed by atoms with van der Waals surface area (Å²) >= 11 is 1.60. The molecule has 0 spiro atoms. The second kappa shape index (κ2) is 16.1. The zero-order valence-electron chi connectivity index (χ0n) is 25.3. The smallest absolute Gasteiger partial charge is 0.224 e. The van der Waals surface area contributed by atoms with Crippen LogP contribution in [0.4, 0.5) is 0 Å². The minimum absolute atomic E-state index is 0.0660. The third-order valence-electron chi connectivity index (χ3n) is 8.04. The van der Waals surface area contributed by atoms with E-state index in [-0.39, 0.29) is 29.9 Å². The van der Waals surface area contributed by atoms with Gasteiger partial charge in [-0.25, -0.2) is 4.98 Å². The second-order valence-electron chi connectivity index (χ2n) is 11.7. The Kier molecular flexibility index (Phi) is 12.2. The number of Topliss-reactive ketones (excluding diaryl/α,β-unsaturated/α-hetero) is 2. The van der Waals surface area contributed by atoms with Crippen LogP contribution in [0.1, 0.15) is 74.9 Å². The molecule has 0 aliphatic carbocycles. The van der Waals surface area contributed by atoms with Crippen molar-refractivity contribution in [3.05, 3.63) is 64.7 Å². The van der Waals surface area contributed by atoms with E-state index in [9.17, 15) is 14.4 Å². The van der Waals surface area contributed by atoms with Gasteiger partial charge in [-0.3, -0.25) is 19.3 Å². The molecule has 42 heavy (non-hydrogen) atoms. The van der Waals surface area contributed by atoms with E-state index in [1.54, 1.807) is 11.3 Å². The number of rotatable bonds is 16. The summed E-state index contributed by atoms with van der Waals surface area (Å²) < 4.78 is 6.51. The Morgan fingerprint density at radius 1 is 1.00 bits per heavy atom. The molecule has 1 fully saturated rings. The highest BCUT2D eigenvalue weighted by Gasteiger charge is 2.26. The summed E-state index contributed by atoms with van der Waals surface area (Å²) in [5, 5.41) is 4.11. The molecule has 1 saturated heterocycles. The van der Waals surface area contributed by atoms with Crippen molar-refractivity contribution in [2.75, 3.05) is 32.8 Å². The molecule has 2 aromatic carbocycles. The van der Waals surface area contributed by atoms with E-state index in [1.807, 2.05) is 43.3 Å². The summed E-state index contributed by atoms with van der Waals surface area (Å²) in [6, 6.07) is 16.2. The molecule has 1 N–H and O–H groups in total. The van der Waals surface area contributed by atoms with Crippen molar-refractivity contribution in [1.82, 2.24) is 15.2 Å².